The van der Waals surface area contributed by atoms with Gasteiger partial charge in [-0.15, -0.1) is 0 Å². The molecule has 2 aromatic rings. The summed E-state index contributed by atoms with van der Waals surface area (Å²) in [5, 5.41) is 3.68. The molecule has 1 amide bonds. The summed E-state index contributed by atoms with van der Waals surface area (Å²) in [5.74, 6) is -0.580. The highest BCUT2D eigenvalue weighted by atomic mass is 35.5. The Morgan fingerprint density at radius 1 is 1.32 bits per heavy atom. The molecule has 1 aliphatic rings. The summed E-state index contributed by atoms with van der Waals surface area (Å²) in [7, 11) is 0. The van der Waals surface area contributed by atoms with E-state index in [1.165, 1.54) is 0 Å². The van der Waals surface area contributed by atoms with Gasteiger partial charge in [-0.25, -0.2) is 4.98 Å². The van der Waals surface area contributed by atoms with Crippen molar-refractivity contribution in [3.63, 3.8) is 0 Å². The Bertz CT molecular complexity index is 793. The summed E-state index contributed by atoms with van der Waals surface area (Å²) >= 11 is 12.0. The van der Waals surface area contributed by atoms with Crippen LogP contribution in [0.3, 0.4) is 0 Å². The fourth-order valence-corrected chi connectivity index (χ4v) is 3.19. The van der Waals surface area contributed by atoms with Crippen LogP contribution < -0.4 is 5.32 Å². The van der Waals surface area contributed by atoms with Crippen molar-refractivity contribution in [3.05, 3.63) is 63.1 Å². The first-order valence-electron chi connectivity index (χ1n) is 8.36. The summed E-state index contributed by atoms with van der Waals surface area (Å²) in [6.07, 6.45) is 4.43. The molecular weight excluding hydrogens is 362 g/mol. The number of carbonyl (C=O) groups is 1. The number of nitrogens with zero attached hydrogens (tertiary/aromatic N) is 1. The van der Waals surface area contributed by atoms with Crippen LogP contribution in [0.2, 0.25) is 10.0 Å². The largest absolute Gasteiger partial charge is 0.351 e. The fourth-order valence-electron chi connectivity index (χ4n) is 2.88. The van der Waals surface area contributed by atoms with Crippen LogP contribution in [0.25, 0.3) is 0 Å². The minimum Gasteiger partial charge on any atom is -0.351 e. The molecule has 1 atom stereocenters. The second-order valence-corrected chi connectivity index (χ2v) is 7.16. The minimum atomic E-state index is -0.535. The number of rotatable bonds is 6. The molecule has 1 unspecified atom stereocenters. The smallest absolute Gasteiger partial charge is 0.227 e. The number of carbonyl (C=O) groups excluding carboxylic acids is 1. The van der Waals surface area contributed by atoms with E-state index >= 15 is 0 Å². The van der Waals surface area contributed by atoms with Crippen LogP contribution in [0.1, 0.15) is 54.7 Å². The van der Waals surface area contributed by atoms with Gasteiger partial charge in [0, 0.05) is 18.3 Å². The summed E-state index contributed by atoms with van der Waals surface area (Å²) in [6.45, 7) is 2.04. The number of hydrogen-bond acceptors (Lipinski definition) is 2. The highest BCUT2D eigenvalue weighted by molar-refractivity contribution is 6.42. The van der Waals surface area contributed by atoms with Crippen molar-refractivity contribution in [3.8, 4) is 0 Å². The standard InChI is InChI=1S/C19H19Cl2FN2O/c1-2-15(12-5-6-16(20)17(21)8-12)19(25)24-10-14-7-13(11-3-4-11)9-23-18(14)22/h5-9,11,15H,2-4,10H2,1H3,(H,24,25). The maximum absolute atomic E-state index is 13.9. The van der Waals surface area contributed by atoms with Gasteiger partial charge in [0.2, 0.25) is 11.9 Å². The maximum atomic E-state index is 13.9. The molecule has 1 aromatic carbocycles. The highest BCUT2D eigenvalue weighted by Gasteiger charge is 2.25. The van der Waals surface area contributed by atoms with Crippen molar-refractivity contribution in [2.24, 2.45) is 0 Å². The lowest BCUT2D eigenvalue weighted by Crippen LogP contribution is -2.29. The topological polar surface area (TPSA) is 42.0 Å². The van der Waals surface area contributed by atoms with E-state index in [-0.39, 0.29) is 18.4 Å². The Morgan fingerprint density at radius 2 is 2.08 bits per heavy atom. The predicted octanol–water partition coefficient (Wildman–Crippen LogP) is 5.21. The number of benzene rings is 1. The Kier molecular flexibility index (Phi) is 5.60. The van der Waals surface area contributed by atoms with Gasteiger partial charge in [-0.05, 0) is 54.5 Å². The van der Waals surface area contributed by atoms with E-state index in [2.05, 4.69) is 10.3 Å². The zero-order valence-electron chi connectivity index (χ0n) is 13.9. The maximum Gasteiger partial charge on any atom is 0.227 e. The number of halogens is 3. The molecule has 1 aliphatic carbocycles. The third-order valence-electron chi connectivity index (χ3n) is 4.51. The molecule has 1 heterocycles. The lowest BCUT2D eigenvalue weighted by molar-refractivity contribution is -0.122. The Labute approximate surface area is 156 Å². The van der Waals surface area contributed by atoms with Crippen molar-refractivity contribution >= 4 is 29.1 Å². The monoisotopic (exact) mass is 380 g/mol. The molecule has 0 spiro atoms. The first-order chi connectivity index (χ1) is 12.0. The van der Waals surface area contributed by atoms with Gasteiger partial charge < -0.3 is 5.32 Å². The van der Waals surface area contributed by atoms with Gasteiger partial charge in [0.15, 0.2) is 0 Å². The van der Waals surface area contributed by atoms with Crippen LogP contribution in [0, 0.1) is 5.95 Å². The normalized spacial score (nSPS) is 15.0. The van der Waals surface area contributed by atoms with Gasteiger partial charge in [-0.3, -0.25) is 4.79 Å². The van der Waals surface area contributed by atoms with Crippen molar-refractivity contribution in [1.29, 1.82) is 0 Å². The summed E-state index contributed by atoms with van der Waals surface area (Å²) in [6, 6.07) is 6.98. The second kappa shape index (κ2) is 7.71. The molecule has 1 N–H and O–H groups in total. The molecule has 1 aromatic heterocycles. The van der Waals surface area contributed by atoms with Crippen LogP contribution in [0.4, 0.5) is 4.39 Å². The van der Waals surface area contributed by atoms with Crippen LogP contribution in [0.15, 0.2) is 30.5 Å². The molecule has 0 bridgehead atoms. The molecule has 132 valence electrons. The van der Waals surface area contributed by atoms with Crippen LogP contribution in [-0.4, -0.2) is 10.9 Å². The summed E-state index contributed by atoms with van der Waals surface area (Å²) in [4.78, 5) is 16.4. The van der Waals surface area contributed by atoms with Crippen LogP contribution >= 0.6 is 23.2 Å². The zero-order valence-corrected chi connectivity index (χ0v) is 15.4. The van der Waals surface area contributed by atoms with Crippen molar-refractivity contribution in [2.45, 2.75) is 44.6 Å². The molecule has 3 rings (SSSR count). The van der Waals surface area contributed by atoms with E-state index in [1.54, 1.807) is 30.5 Å². The molecule has 0 saturated heterocycles. The number of aromatic nitrogens is 1. The quantitative estimate of drug-likeness (QED) is 0.698. The summed E-state index contributed by atoms with van der Waals surface area (Å²) in [5.41, 5.74) is 2.25. The van der Waals surface area contributed by atoms with Crippen molar-refractivity contribution in [2.75, 3.05) is 0 Å². The first-order valence-corrected chi connectivity index (χ1v) is 9.12. The van der Waals surface area contributed by atoms with E-state index in [0.29, 0.717) is 27.9 Å². The SMILES string of the molecule is CCC(C(=O)NCc1cc(C2CC2)cnc1F)c1ccc(Cl)c(Cl)c1. The number of nitrogens with one attached hydrogen (secondary N) is 1. The van der Waals surface area contributed by atoms with E-state index in [4.69, 9.17) is 23.2 Å². The third-order valence-corrected chi connectivity index (χ3v) is 5.24. The van der Waals surface area contributed by atoms with Gasteiger partial charge in [-0.1, -0.05) is 36.2 Å². The van der Waals surface area contributed by atoms with E-state index in [1.807, 2.05) is 6.92 Å². The molecule has 25 heavy (non-hydrogen) atoms. The summed E-state index contributed by atoms with van der Waals surface area (Å²) < 4.78 is 13.9. The average molecular weight is 381 g/mol. The van der Waals surface area contributed by atoms with Gasteiger partial charge in [0.05, 0.1) is 16.0 Å². The molecule has 1 fully saturated rings. The zero-order chi connectivity index (χ0) is 18.0. The minimum absolute atomic E-state index is 0.121. The van der Waals surface area contributed by atoms with Crippen molar-refractivity contribution < 1.29 is 9.18 Å². The Morgan fingerprint density at radius 3 is 2.72 bits per heavy atom. The fraction of sp³-hybridized carbons (Fsp3) is 0.368. The lowest BCUT2D eigenvalue weighted by atomic mass is 9.95. The van der Waals surface area contributed by atoms with Gasteiger partial charge in [0.1, 0.15) is 0 Å². The molecule has 0 aliphatic heterocycles. The molecule has 1 saturated carbocycles. The lowest BCUT2D eigenvalue weighted by Gasteiger charge is -2.16. The molecular formula is C19H19Cl2FN2O. The number of amides is 1. The van der Waals surface area contributed by atoms with E-state index < -0.39 is 5.95 Å². The second-order valence-electron chi connectivity index (χ2n) is 6.35. The van der Waals surface area contributed by atoms with Gasteiger partial charge in [0.25, 0.3) is 0 Å². The molecule has 6 heteroatoms. The third kappa shape index (κ3) is 4.31. The predicted molar refractivity (Wildman–Crippen MR) is 97.5 cm³/mol. The van der Waals surface area contributed by atoms with Gasteiger partial charge >= 0.3 is 0 Å². The Hall–Kier alpha value is -1.65. The van der Waals surface area contributed by atoms with E-state index in [9.17, 15) is 9.18 Å². The molecule has 0 radical (unpaired) electrons. The number of pyridine rings is 1. The number of hydrogen-bond donors (Lipinski definition) is 1. The van der Waals surface area contributed by atoms with Crippen molar-refractivity contribution in [1.82, 2.24) is 10.3 Å². The molecule has 3 nitrogen and oxygen atoms in total. The first kappa shape index (κ1) is 18.2. The Balaban J connectivity index is 1.70. The highest BCUT2D eigenvalue weighted by Crippen LogP contribution is 2.40. The van der Waals surface area contributed by atoms with E-state index in [0.717, 1.165) is 24.0 Å². The van der Waals surface area contributed by atoms with Gasteiger partial charge in [-0.2, -0.15) is 4.39 Å². The van der Waals surface area contributed by atoms with Crippen LogP contribution in [0.5, 0.6) is 0 Å². The average Bonchev–Trinajstić information content (AvgIpc) is 3.43. The van der Waals surface area contributed by atoms with Crippen LogP contribution in [-0.2, 0) is 11.3 Å².